The molecule has 4 rings (SSSR count). The van der Waals surface area contributed by atoms with Crippen LogP contribution in [0, 0.1) is 0 Å². The molecule has 3 heterocycles. The molecule has 0 atom stereocenters. The number of nitrogens with one attached hydrogen (secondary N) is 1. The van der Waals surface area contributed by atoms with E-state index >= 15 is 0 Å². The second kappa shape index (κ2) is 6.73. The molecule has 1 aliphatic heterocycles. The van der Waals surface area contributed by atoms with Crippen molar-refractivity contribution < 1.29 is 13.6 Å². The van der Waals surface area contributed by atoms with Gasteiger partial charge in [0, 0.05) is 24.5 Å². The molecule has 5 heteroatoms. The molecule has 1 amide bonds. The number of hydrogen-bond acceptors (Lipinski definition) is 4. The molecule has 3 aromatic rings. The third-order valence-corrected chi connectivity index (χ3v) is 4.24. The van der Waals surface area contributed by atoms with E-state index in [1.807, 2.05) is 36.4 Å². The average molecular weight is 334 g/mol. The molecule has 1 N–H and O–H groups in total. The molecular formula is C20H18N2O3. The van der Waals surface area contributed by atoms with Crippen molar-refractivity contribution in [3.63, 3.8) is 0 Å². The highest BCUT2D eigenvalue weighted by Gasteiger charge is 2.26. The number of benzene rings is 1. The molecule has 0 fully saturated rings. The zero-order valence-electron chi connectivity index (χ0n) is 13.6. The fraction of sp³-hybridized carbons (Fsp3) is 0.150. The number of carbonyl (C=O) groups is 1. The molecular weight excluding hydrogens is 316 g/mol. The molecule has 0 unspecified atom stereocenters. The van der Waals surface area contributed by atoms with Crippen molar-refractivity contribution in [1.29, 1.82) is 0 Å². The molecule has 0 spiro atoms. The Hall–Kier alpha value is -3.21. The molecule has 0 bridgehead atoms. The summed E-state index contributed by atoms with van der Waals surface area (Å²) in [6.45, 7) is 1.40. The average Bonchev–Trinajstić information content (AvgIpc) is 3.39. The maximum atomic E-state index is 12.5. The van der Waals surface area contributed by atoms with Gasteiger partial charge in [-0.25, -0.2) is 0 Å². The fourth-order valence-corrected chi connectivity index (χ4v) is 3.00. The van der Waals surface area contributed by atoms with E-state index in [0.717, 1.165) is 23.6 Å². The highest BCUT2D eigenvalue weighted by molar-refractivity contribution is 6.07. The van der Waals surface area contributed by atoms with E-state index in [2.05, 4.69) is 11.4 Å². The summed E-state index contributed by atoms with van der Waals surface area (Å²) < 4.78 is 10.3. The van der Waals surface area contributed by atoms with Crippen molar-refractivity contribution in [2.24, 2.45) is 0 Å². The molecule has 25 heavy (non-hydrogen) atoms. The topological polar surface area (TPSA) is 58.6 Å². The van der Waals surface area contributed by atoms with Crippen LogP contribution in [-0.4, -0.2) is 19.0 Å². The number of rotatable bonds is 5. The maximum absolute atomic E-state index is 12.5. The Morgan fingerprint density at radius 2 is 2.20 bits per heavy atom. The van der Waals surface area contributed by atoms with Crippen molar-refractivity contribution in [3.05, 3.63) is 78.2 Å². The quantitative estimate of drug-likeness (QED) is 0.760. The summed E-state index contributed by atoms with van der Waals surface area (Å²) in [5, 5.41) is 3.36. The number of carbonyl (C=O) groups excluding carboxylic acids is 1. The van der Waals surface area contributed by atoms with Gasteiger partial charge in [-0.2, -0.15) is 0 Å². The number of amides is 1. The largest absolute Gasteiger partial charge is 0.472 e. The van der Waals surface area contributed by atoms with Crippen molar-refractivity contribution >= 4 is 23.4 Å². The first-order valence-corrected chi connectivity index (χ1v) is 8.22. The van der Waals surface area contributed by atoms with Crippen LogP contribution in [0.25, 0.3) is 6.08 Å². The Bertz CT molecular complexity index is 880. The van der Waals surface area contributed by atoms with Crippen LogP contribution in [0.5, 0.6) is 0 Å². The van der Waals surface area contributed by atoms with E-state index in [1.54, 1.807) is 17.2 Å². The number of fused-ring (bicyclic) bond motifs is 1. The number of furan rings is 2. The maximum Gasteiger partial charge on any atom is 0.261 e. The number of nitrogens with zero attached hydrogens (tertiary/aromatic N) is 1. The van der Waals surface area contributed by atoms with E-state index in [4.69, 9.17) is 8.83 Å². The van der Waals surface area contributed by atoms with Crippen LogP contribution in [0.2, 0.25) is 0 Å². The highest BCUT2D eigenvalue weighted by Crippen LogP contribution is 2.31. The first-order valence-electron chi connectivity index (χ1n) is 8.22. The third-order valence-electron chi connectivity index (χ3n) is 4.24. The lowest BCUT2D eigenvalue weighted by Gasteiger charge is -2.16. The molecule has 0 saturated carbocycles. The smallest absolute Gasteiger partial charge is 0.261 e. The van der Waals surface area contributed by atoms with Crippen LogP contribution >= 0.6 is 0 Å². The molecule has 0 radical (unpaired) electrons. The van der Waals surface area contributed by atoms with Gasteiger partial charge in [0.2, 0.25) is 0 Å². The molecule has 1 aliphatic rings. The minimum Gasteiger partial charge on any atom is -0.472 e. The fourth-order valence-electron chi connectivity index (χ4n) is 3.00. The molecule has 1 aromatic carbocycles. The number of anilines is 2. The lowest BCUT2D eigenvalue weighted by molar-refractivity contribution is 0.0989. The minimum absolute atomic E-state index is 0.0189. The van der Waals surface area contributed by atoms with Gasteiger partial charge in [0.1, 0.15) is 12.0 Å². The molecule has 0 aliphatic carbocycles. The molecule has 2 aromatic heterocycles. The van der Waals surface area contributed by atoms with Crippen molar-refractivity contribution in [2.45, 2.75) is 6.42 Å². The zero-order valence-corrected chi connectivity index (χ0v) is 13.6. The first kappa shape index (κ1) is 15.3. The Morgan fingerprint density at radius 3 is 3.00 bits per heavy atom. The number of hydrogen-bond donors (Lipinski definition) is 1. The summed E-state index contributed by atoms with van der Waals surface area (Å²) in [4.78, 5) is 14.3. The standard InChI is InChI=1S/C20H18N2O3/c23-20(16-8-12-24-14-16)22-10-7-15-13-17(5-6-19(15)22)21-9-1-3-18-4-2-11-25-18/h1-6,8,11-14,21H,7,9-10H2/b3-1+. The van der Waals surface area contributed by atoms with Crippen LogP contribution < -0.4 is 10.2 Å². The second-order valence-corrected chi connectivity index (χ2v) is 5.86. The van der Waals surface area contributed by atoms with Crippen LogP contribution in [-0.2, 0) is 6.42 Å². The van der Waals surface area contributed by atoms with Gasteiger partial charge in [-0.3, -0.25) is 4.79 Å². The predicted molar refractivity (Wildman–Crippen MR) is 96.8 cm³/mol. The van der Waals surface area contributed by atoms with Gasteiger partial charge in [0.25, 0.3) is 5.91 Å². The van der Waals surface area contributed by atoms with E-state index in [9.17, 15) is 4.79 Å². The van der Waals surface area contributed by atoms with Crippen LogP contribution in [0.3, 0.4) is 0 Å². The van der Waals surface area contributed by atoms with Gasteiger partial charge in [-0.05, 0) is 54.5 Å². The Kier molecular flexibility index (Phi) is 4.12. The van der Waals surface area contributed by atoms with E-state index < -0.39 is 0 Å². The molecule has 126 valence electrons. The van der Waals surface area contributed by atoms with Crippen molar-refractivity contribution in [3.8, 4) is 0 Å². The van der Waals surface area contributed by atoms with Crippen LogP contribution in [0.4, 0.5) is 11.4 Å². The molecule has 0 saturated heterocycles. The SMILES string of the molecule is O=C(c1ccoc1)N1CCc2cc(NC/C=C/c3ccco3)ccc21. The third kappa shape index (κ3) is 3.21. The first-order chi connectivity index (χ1) is 12.3. The lowest BCUT2D eigenvalue weighted by atomic mass is 10.1. The lowest BCUT2D eigenvalue weighted by Crippen LogP contribution is -2.28. The monoisotopic (exact) mass is 334 g/mol. The van der Waals surface area contributed by atoms with E-state index in [0.29, 0.717) is 18.7 Å². The van der Waals surface area contributed by atoms with Gasteiger partial charge in [0.15, 0.2) is 0 Å². The van der Waals surface area contributed by atoms with Crippen molar-refractivity contribution in [2.75, 3.05) is 23.3 Å². The summed E-state index contributed by atoms with van der Waals surface area (Å²) in [5.41, 5.74) is 3.78. The highest BCUT2D eigenvalue weighted by atomic mass is 16.3. The van der Waals surface area contributed by atoms with Crippen LogP contribution in [0.15, 0.2) is 70.1 Å². The van der Waals surface area contributed by atoms with E-state index in [-0.39, 0.29) is 5.91 Å². The van der Waals surface area contributed by atoms with Gasteiger partial charge in [-0.15, -0.1) is 0 Å². The van der Waals surface area contributed by atoms with Gasteiger partial charge < -0.3 is 19.1 Å². The molecule has 5 nitrogen and oxygen atoms in total. The van der Waals surface area contributed by atoms with Gasteiger partial charge in [0.05, 0.1) is 18.1 Å². The zero-order chi connectivity index (χ0) is 17.1. The predicted octanol–water partition coefficient (Wildman–Crippen LogP) is 4.20. The summed E-state index contributed by atoms with van der Waals surface area (Å²) in [7, 11) is 0. The van der Waals surface area contributed by atoms with Gasteiger partial charge in [-0.1, -0.05) is 6.08 Å². The second-order valence-electron chi connectivity index (χ2n) is 5.86. The summed E-state index contributed by atoms with van der Waals surface area (Å²) in [5.74, 6) is 0.818. The Balaban J connectivity index is 1.42. The Morgan fingerprint density at radius 1 is 1.24 bits per heavy atom. The van der Waals surface area contributed by atoms with Crippen LogP contribution in [0.1, 0.15) is 21.7 Å². The van der Waals surface area contributed by atoms with E-state index in [1.165, 1.54) is 18.1 Å². The summed E-state index contributed by atoms with van der Waals surface area (Å²) in [6.07, 6.45) is 9.47. The normalized spacial score (nSPS) is 13.4. The minimum atomic E-state index is -0.0189. The summed E-state index contributed by atoms with van der Waals surface area (Å²) >= 11 is 0. The Labute approximate surface area is 145 Å². The summed E-state index contributed by atoms with van der Waals surface area (Å²) in [6, 6.07) is 11.6. The van der Waals surface area contributed by atoms with Gasteiger partial charge >= 0.3 is 0 Å². The van der Waals surface area contributed by atoms with Crippen molar-refractivity contribution in [1.82, 2.24) is 0 Å².